The van der Waals surface area contributed by atoms with E-state index in [0.29, 0.717) is 13.2 Å². The summed E-state index contributed by atoms with van der Waals surface area (Å²) in [5.41, 5.74) is 4.34. The molecule has 0 aromatic carbocycles. The highest BCUT2D eigenvalue weighted by molar-refractivity contribution is 5.45. The van der Waals surface area contributed by atoms with Crippen LogP contribution in [0.4, 0.5) is 24.9 Å². The molecule has 1 aromatic heterocycles. The third-order valence-electron chi connectivity index (χ3n) is 2.92. The lowest BCUT2D eigenvalue weighted by Gasteiger charge is -2.37. The van der Waals surface area contributed by atoms with E-state index >= 15 is 0 Å². The van der Waals surface area contributed by atoms with E-state index in [1.54, 1.807) is 4.90 Å². The van der Waals surface area contributed by atoms with Crippen molar-refractivity contribution in [1.82, 2.24) is 9.97 Å². The van der Waals surface area contributed by atoms with Crippen molar-refractivity contribution in [2.24, 2.45) is 0 Å². The number of halogens is 3. The second-order valence-electron chi connectivity index (χ2n) is 4.61. The zero-order valence-electron chi connectivity index (χ0n) is 10.6. The fraction of sp³-hybridized carbons (Fsp3) is 0.636. The van der Waals surface area contributed by atoms with E-state index in [4.69, 9.17) is 10.5 Å². The lowest BCUT2D eigenvalue weighted by Crippen LogP contribution is -2.48. The van der Waals surface area contributed by atoms with Crippen LogP contribution in [0.15, 0.2) is 6.07 Å². The van der Waals surface area contributed by atoms with Gasteiger partial charge in [0.15, 0.2) is 5.69 Å². The van der Waals surface area contributed by atoms with Crippen LogP contribution in [0.3, 0.4) is 0 Å². The monoisotopic (exact) mass is 276 g/mol. The molecule has 5 nitrogen and oxygen atoms in total. The van der Waals surface area contributed by atoms with Gasteiger partial charge in [0.05, 0.1) is 18.8 Å². The Balaban J connectivity index is 2.36. The molecule has 0 amide bonds. The first-order valence-electron chi connectivity index (χ1n) is 5.87. The highest BCUT2D eigenvalue weighted by Gasteiger charge is 2.35. The van der Waals surface area contributed by atoms with E-state index in [1.165, 1.54) is 0 Å². The smallest absolute Gasteiger partial charge is 0.375 e. The van der Waals surface area contributed by atoms with Crippen molar-refractivity contribution in [3.05, 3.63) is 11.8 Å². The van der Waals surface area contributed by atoms with Crippen LogP contribution in [0.1, 0.15) is 19.5 Å². The van der Waals surface area contributed by atoms with Crippen LogP contribution in [-0.4, -0.2) is 35.3 Å². The third kappa shape index (κ3) is 3.06. The first kappa shape index (κ1) is 13.9. The standard InChI is InChI=1S/C11H15F3N4O/c1-6-5-19-7(2)4-18(6)9-3-8(11(12,13)14)16-10(15)17-9/h3,6-7H,4-5H2,1-2H3,(H2,15,16,17). The molecule has 0 bridgehead atoms. The molecule has 8 heteroatoms. The minimum absolute atomic E-state index is 0.0633. The van der Waals surface area contributed by atoms with Crippen LogP contribution >= 0.6 is 0 Å². The maximum absolute atomic E-state index is 12.7. The second kappa shape index (κ2) is 4.84. The van der Waals surface area contributed by atoms with Crippen LogP contribution in [0.25, 0.3) is 0 Å². The van der Waals surface area contributed by atoms with Gasteiger partial charge in [-0.1, -0.05) is 0 Å². The number of hydrogen-bond acceptors (Lipinski definition) is 5. The summed E-state index contributed by atoms with van der Waals surface area (Å²) in [4.78, 5) is 8.87. The summed E-state index contributed by atoms with van der Waals surface area (Å²) >= 11 is 0. The van der Waals surface area contributed by atoms with Crippen LogP contribution in [0.2, 0.25) is 0 Å². The van der Waals surface area contributed by atoms with Gasteiger partial charge in [-0.15, -0.1) is 0 Å². The minimum atomic E-state index is -4.53. The van der Waals surface area contributed by atoms with E-state index in [-0.39, 0.29) is 23.9 Å². The van der Waals surface area contributed by atoms with Crippen molar-refractivity contribution >= 4 is 11.8 Å². The van der Waals surface area contributed by atoms with Crippen molar-refractivity contribution in [3.63, 3.8) is 0 Å². The van der Waals surface area contributed by atoms with Crippen LogP contribution < -0.4 is 10.6 Å². The van der Waals surface area contributed by atoms with Crippen molar-refractivity contribution in [2.75, 3.05) is 23.8 Å². The summed E-state index contributed by atoms with van der Waals surface area (Å²) in [7, 11) is 0. The SMILES string of the molecule is CC1CN(c2cc(C(F)(F)F)nc(N)n2)C(C)CO1. The number of nitrogen functional groups attached to an aromatic ring is 1. The highest BCUT2D eigenvalue weighted by atomic mass is 19.4. The Labute approximate surface area is 108 Å². The zero-order chi connectivity index (χ0) is 14.2. The fourth-order valence-corrected chi connectivity index (χ4v) is 1.97. The molecule has 1 fully saturated rings. The van der Waals surface area contributed by atoms with E-state index < -0.39 is 11.9 Å². The number of alkyl halides is 3. The molecular weight excluding hydrogens is 261 g/mol. The van der Waals surface area contributed by atoms with Crippen molar-refractivity contribution in [2.45, 2.75) is 32.2 Å². The summed E-state index contributed by atoms with van der Waals surface area (Å²) in [5.74, 6) is -0.196. The van der Waals surface area contributed by atoms with Gasteiger partial charge in [0, 0.05) is 12.6 Å². The molecule has 2 unspecified atom stereocenters. The fourth-order valence-electron chi connectivity index (χ4n) is 1.97. The Kier molecular flexibility index (Phi) is 3.53. The number of ether oxygens (including phenoxy) is 1. The molecule has 0 spiro atoms. The number of aromatic nitrogens is 2. The molecule has 2 rings (SSSR count). The number of hydrogen-bond donors (Lipinski definition) is 1. The molecule has 2 atom stereocenters. The molecule has 106 valence electrons. The average Bonchev–Trinajstić information content (AvgIpc) is 2.30. The first-order chi connectivity index (χ1) is 8.77. The normalized spacial score (nSPS) is 24.6. The molecule has 0 aliphatic carbocycles. The Morgan fingerprint density at radius 3 is 2.68 bits per heavy atom. The zero-order valence-corrected chi connectivity index (χ0v) is 10.6. The van der Waals surface area contributed by atoms with Gasteiger partial charge >= 0.3 is 6.18 Å². The van der Waals surface area contributed by atoms with Gasteiger partial charge in [0.25, 0.3) is 0 Å². The van der Waals surface area contributed by atoms with E-state index in [0.717, 1.165) is 6.07 Å². The Bertz CT molecular complexity index is 466. The first-order valence-corrected chi connectivity index (χ1v) is 5.87. The van der Waals surface area contributed by atoms with E-state index in [1.807, 2.05) is 13.8 Å². The van der Waals surface area contributed by atoms with Crippen molar-refractivity contribution < 1.29 is 17.9 Å². The minimum Gasteiger partial charge on any atom is -0.375 e. The van der Waals surface area contributed by atoms with Gasteiger partial charge in [0.1, 0.15) is 5.82 Å². The summed E-state index contributed by atoms with van der Waals surface area (Å²) < 4.78 is 43.5. The number of nitrogens with two attached hydrogens (primary N) is 1. The molecule has 0 radical (unpaired) electrons. The lowest BCUT2D eigenvalue weighted by atomic mass is 10.2. The molecule has 1 saturated heterocycles. The Morgan fingerprint density at radius 2 is 2.05 bits per heavy atom. The highest BCUT2D eigenvalue weighted by Crippen LogP contribution is 2.31. The molecule has 1 aliphatic rings. The van der Waals surface area contributed by atoms with Gasteiger partial charge in [-0.05, 0) is 13.8 Å². The van der Waals surface area contributed by atoms with Crippen molar-refractivity contribution in [1.29, 1.82) is 0 Å². The van der Waals surface area contributed by atoms with E-state index in [2.05, 4.69) is 9.97 Å². The van der Waals surface area contributed by atoms with Crippen LogP contribution in [0, 0.1) is 0 Å². The molecule has 2 N–H and O–H groups in total. The van der Waals surface area contributed by atoms with Gasteiger partial charge in [0.2, 0.25) is 5.95 Å². The predicted octanol–water partition coefficient (Wildman–Crippen LogP) is 1.69. The molecule has 19 heavy (non-hydrogen) atoms. The van der Waals surface area contributed by atoms with Crippen LogP contribution in [-0.2, 0) is 10.9 Å². The third-order valence-corrected chi connectivity index (χ3v) is 2.92. The molecule has 1 aromatic rings. The molecular formula is C11H15F3N4O. The maximum atomic E-state index is 12.7. The van der Waals surface area contributed by atoms with Crippen molar-refractivity contribution in [3.8, 4) is 0 Å². The second-order valence-corrected chi connectivity index (χ2v) is 4.61. The van der Waals surface area contributed by atoms with E-state index in [9.17, 15) is 13.2 Å². The van der Waals surface area contributed by atoms with Crippen LogP contribution in [0.5, 0.6) is 0 Å². The number of morpholine rings is 1. The summed E-state index contributed by atoms with van der Waals surface area (Å²) in [5, 5.41) is 0. The summed E-state index contributed by atoms with van der Waals surface area (Å²) in [6.07, 6.45) is -4.60. The predicted molar refractivity (Wildman–Crippen MR) is 63.7 cm³/mol. The largest absolute Gasteiger partial charge is 0.433 e. The maximum Gasteiger partial charge on any atom is 0.433 e. The average molecular weight is 276 g/mol. The molecule has 0 saturated carbocycles. The number of anilines is 2. The molecule has 2 heterocycles. The van der Waals surface area contributed by atoms with Gasteiger partial charge in [-0.25, -0.2) is 4.98 Å². The van der Waals surface area contributed by atoms with Gasteiger partial charge in [-0.3, -0.25) is 0 Å². The Morgan fingerprint density at radius 1 is 1.37 bits per heavy atom. The number of rotatable bonds is 1. The summed E-state index contributed by atoms with van der Waals surface area (Å²) in [6, 6.07) is 0.858. The lowest BCUT2D eigenvalue weighted by molar-refractivity contribution is -0.141. The summed E-state index contributed by atoms with van der Waals surface area (Å²) in [6.45, 7) is 4.62. The topological polar surface area (TPSA) is 64.3 Å². The quantitative estimate of drug-likeness (QED) is 0.845. The number of nitrogens with zero attached hydrogens (tertiary/aromatic N) is 3. The van der Waals surface area contributed by atoms with Gasteiger partial charge < -0.3 is 15.4 Å². The Hall–Kier alpha value is -1.57. The molecule has 1 aliphatic heterocycles. The van der Waals surface area contributed by atoms with Gasteiger partial charge in [-0.2, -0.15) is 18.2 Å².